The van der Waals surface area contributed by atoms with Crippen molar-refractivity contribution in [3.63, 3.8) is 0 Å². The van der Waals surface area contributed by atoms with E-state index in [1.807, 2.05) is 12.3 Å². The van der Waals surface area contributed by atoms with Gasteiger partial charge in [-0.1, -0.05) is 32.3 Å². The predicted octanol–water partition coefficient (Wildman–Crippen LogP) is 2.80. The molecule has 1 aliphatic carbocycles. The lowest BCUT2D eigenvalue weighted by Gasteiger charge is -2.30. The van der Waals surface area contributed by atoms with Crippen molar-refractivity contribution in [3.05, 3.63) is 23.9 Å². The number of likely N-dealkylation sites (N-methyl/N-ethyl adjacent to an activating group) is 1. The molecule has 0 spiro atoms. The van der Waals surface area contributed by atoms with Crippen LogP contribution in [0.15, 0.2) is 18.3 Å². The molecule has 1 atom stereocenters. The quantitative estimate of drug-likeness (QED) is 0.805. The topological polar surface area (TPSA) is 34.1 Å². The summed E-state index contributed by atoms with van der Waals surface area (Å²) in [7, 11) is 1.65. The van der Waals surface area contributed by atoms with Crippen molar-refractivity contribution in [2.24, 2.45) is 5.92 Å². The standard InChI is InChI=1S/C15H24N2O/c1-3-16-14(9-12-5-4-6-12)10-13-7-8-15(18-2)17-11-13/h7-8,11-12,14,16H,3-6,9-10H2,1-2H3. The number of aromatic nitrogens is 1. The zero-order valence-electron chi connectivity index (χ0n) is 11.5. The lowest BCUT2D eigenvalue weighted by Crippen LogP contribution is -2.34. The van der Waals surface area contributed by atoms with E-state index in [1.54, 1.807) is 7.11 Å². The fourth-order valence-electron chi connectivity index (χ4n) is 2.60. The van der Waals surface area contributed by atoms with Crippen molar-refractivity contribution in [2.45, 2.75) is 45.1 Å². The number of methoxy groups -OCH3 is 1. The summed E-state index contributed by atoms with van der Waals surface area (Å²) in [5, 5.41) is 3.60. The number of hydrogen-bond acceptors (Lipinski definition) is 3. The molecule has 3 heteroatoms. The van der Waals surface area contributed by atoms with E-state index in [1.165, 1.54) is 31.2 Å². The number of hydrogen-bond donors (Lipinski definition) is 1. The van der Waals surface area contributed by atoms with Crippen LogP contribution in [0, 0.1) is 5.92 Å². The first-order valence-electron chi connectivity index (χ1n) is 7.04. The molecule has 0 bridgehead atoms. The lowest BCUT2D eigenvalue weighted by atomic mass is 9.80. The molecule has 18 heavy (non-hydrogen) atoms. The minimum atomic E-state index is 0.593. The summed E-state index contributed by atoms with van der Waals surface area (Å²) in [5.74, 6) is 1.64. The third-order valence-electron chi connectivity index (χ3n) is 3.82. The molecule has 1 fully saturated rings. The molecular weight excluding hydrogens is 224 g/mol. The largest absolute Gasteiger partial charge is 0.481 e. The van der Waals surface area contributed by atoms with Gasteiger partial charge in [0.05, 0.1) is 7.11 Å². The van der Waals surface area contributed by atoms with Crippen molar-refractivity contribution < 1.29 is 4.74 Å². The molecule has 100 valence electrons. The fourth-order valence-corrected chi connectivity index (χ4v) is 2.60. The minimum absolute atomic E-state index is 0.593. The van der Waals surface area contributed by atoms with Gasteiger partial charge in [0.25, 0.3) is 0 Å². The van der Waals surface area contributed by atoms with Crippen LogP contribution in [0.4, 0.5) is 0 Å². The molecule has 1 heterocycles. The molecule has 1 saturated carbocycles. The Balaban J connectivity index is 1.89. The number of nitrogens with zero attached hydrogens (tertiary/aromatic N) is 1. The Morgan fingerprint density at radius 1 is 1.44 bits per heavy atom. The van der Waals surface area contributed by atoms with E-state index in [0.29, 0.717) is 11.9 Å². The van der Waals surface area contributed by atoms with Gasteiger partial charge in [0, 0.05) is 18.3 Å². The van der Waals surface area contributed by atoms with Gasteiger partial charge in [-0.25, -0.2) is 4.98 Å². The van der Waals surface area contributed by atoms with Crippen molar-refractivity contribution in [2.75, 3.05) is 13.7 Å². The molecule has 0 aliphatic heterocycles. The molecule has 1 aromatic heterocycles. The fraction of sp³-hybridized carbons (Fsp3) is 0.667. The lowest BCUT2D eigenvalue weighted by molar-refractivity contribution is 0.260. The van der Waals surface area contributed by atoms with Crippen LogP contribution in [0.1, 0.15) is 38.2 Å². The Kier molecular flexibility index (Phi) is 5.00. The second kappa shape index (κ2) is 6.74. The highest BCUT2D eigenvalue weighted by Gasteiger charge is 2.21. The molecule has 0 radical (unpaired) electrons. The van der Waals surface area contributed by atoms with E-state index in [0.717, 1.165) is 18.9 Å². The highest BCUT2D eigenvalue weighted by atomic mass is 16.5. The van der Waals surface area contributed by atoms with Gasteiger partial charge in [0.2, 0.25) is 5.88 Å². The summed E-state index contributed by atoms with van der Waals surface area (Å²) in [6.07, 6.45) is 8.57. The molecule has 1 aliphatic rings. The van der Waals surface area contributed by atoms with Crippen LogP contribution in [-0.2, 0) is 6.42 Å². The molecule has 3 nitrogen and oxygen atoms in total. The van der Waals surface area contributed by atoms with Gasteiger partial charge in [-0.05, 0) is 30.9 Å². The van der Waals surface area contributed by atoms with Gasteiger partial charge < -0.3 is 10.1 Å². The Morgan fingerprint density at radius 3 is 2.78 bits per heavy atom. The zero-order chi connectivity index (χ0) is 12.8. The maximum atomic E-state index is 5.09. The zero-order valence-corrected chi connectivity index (χ0v) is 11.5. The summed E-state index contributed by atoms with van der Waals surface area (Å²) >= 11 is 0. The highest BCUT2D eigenvalue weighted by Crippen LogP contribution is 2.31. The van der Waals surface area contributed by atoms with E-state index in [4.69, 9.17) is 4.74 Å². The summed E-state index contributed by atoms with van der Waals surface area (Å²) in [5.41, 5.74) is 1.29. The van der Waals surface area contributed by atoms with Gasteiger partial charge in [0.1, 0.15) is 0 Å². The minimum Gasteiger partial charge on any atom is -0.481 e. The Labute approximate surface area is 110 Å². The van der Waals surface area contributed by atoms with Crippen molar-refractivity contribution in [1.82, 2.24) is 10.3 Å². The summed E-state index contributed by atoms with van der Waals surface area (Å²) < 4.78 is 5.09. The average molecular weight is 248 g/mol. The molecule has 0 aromatic carbocycles. The third-order valence-corrected chi connectivity index (χ3v) is 3.82. The SMILES string of the molecule is CCNC(Cc1ccc(OC)nc1)CC1CCC1. The first kappa shape index (κ1) is 13.3. The maximum Gasteiger partial charge on any atom is 0.212 e. The van der Waals surface area contributed by atoms with Crippen LogP contribution >= 0.6 is 0 Å². The second-order valence-electron chi connectivity index (χ2n) is 5.20. The van der Waals surface area contributed by atoms with Gasteiger partial charge in [-0.3, -0.25) is 0 Å². The van der Waals surface area contributed by atoms with E-state index in [9.17, 15) is 0 Å². The summed E-state index contributed by atoms with van der Waals surface area (Å²) in [6, 6.07) is 4.66. The smallest absolute Gasteiger partial charge is 0.212 e. The Hall–Kier alpha value is -1.09. The van der Waals surface area contributed by atoms with Crippen LogP contribution in [0.3, 0.4) is 0 Å². The van der Waals surface area contributed by atoms with Gasteiger partial charge in [0.15, 0.2) is 0 Å². The van der Waals surface area contributed by atoms with Crippen molar-refractivity contribution in [1.29, 1.82) is 0 Å². The van der Waals surface area contributed by atoms with Crippen molar-refractivity contribution in [3.8, 4) is 5.88 Å². The summed E-state index contributed by atoms with van der Waals surface area (Å²) in [6.45, 7) is 3.22. The number of nitrogens with one attached hydrogen (secondary N) is 1. The van der Waals surface area contributed by atoms with E-state index in [-0.39, 0.29) is 0 Å². The molecule has 2 rings (SSSR count). The molecular formula is C15H24N2O. The van der Waals surface area contributed by atoms with Crippen LogP contribution in [0.25, 0.3) is 0 Å². The molecule has 0 saturated heterocycles. The Bertz CT molecular complexity index is 346. The third kappa shape index (κ3) is 3.70. The average Bonchev–Trinajstić information content (AvgIpc) is 2.35. The number of ether oxygens (including phenoxy) is 1. The second-order valence-corrected chi connectivity index (χ2v) is 5.20. The first-order chi connectivity index (χ1) is 8.81. The van der Waals surface area contributed by atoms with Gasteiger partial charge in [-0.2, -0.15) is 0 Å². The van der Waals surface area contributed by atoms with Gasteiger partial charge >= 0.3 is 0 Å². The normalized spacial score (nSPS) is 17.2. The molecule has 0 amide bonds. The van der Waals surface area contributed by atoms with E-state index >= 15 is 0 Å². The van der Waals surface area contributed by atoms with Gasteiger partial charge in [-0.15, -0.1) is 0 Å². The molecule has 1 N–H and O–H groups in total. The number of pyridine rings is 1. The predicted molar refractivity (Wildman–Crippen MR) is 73.9 cm³/mol. The monoisotopic (exact) mass is 248 g/mol. The summed E-state index contributed by atoms with van der Waals surface area (Å²) in [4.78, 5) is 4.27. The van der Waals surface area contributed by atoms with Crippen molar-refractivity contribution >= 4 is 0 Å². The van der Waals surface area contributed by atoms with Crippen LogP contribution in [0.5, 0.6) is 5.88 Å². The Morgan fingerprint density at radius 2 is 2.28 bits per heavy atom. The van der Waals surface area contributed by atoms with Crippen LogP contribution in [0.2, 0.25) is 0 Å². The van der Waals surface area contributed by atoms with E-state index < -0.39 is 0 Å². The maximum absolute atomic E-state index is 5.09. The van der Waals surface area contributed by atoms with Crippen LogP contribution in [-0.4, -0.2) is 24.7 Å². The van der Waals surface area contributed by atoms with E-state index in [2.05, 4.69) is 23.3 Å². The highest BCUT2D eigenvalue weighted by molar-refractivity contribution is 5.18. The molecule has 1 aromatic rings. The van der Waals surface area contributed by atoms with Crippen LogP contribution < -0.4 is 10.1 Å². The molecule has 1 unspecified atom stereocenters. The number of rotatable bonds is 7. The first-order valence-corrected chi connectivity index (χ1v) is 7.04.